The molecule has 1 fully saturated rings. The van der Waals surface area contributed by atoms with E-state index < -0.39 is 26.2 Å². The van der Waals surface area contributed by atoms with E-state index in [4.69, 9.17) is 0 Å². The number of rotatable bonds is 2. The molecule has 1 aromatic heterocycles. The number of fused-ring (bicyclic) bond motifs is 3. The molecule has 2 aliphatic heterocycles. The fourth-order valence-electron chi connectivity index (χ4n) is 4.34. The molecule has 2 N–H and O–H groups in total. The number of hydrogen-bond acceptors (Lipinski definition) is 5. The first-order chi connectivity index (χ1) is 12.7. The van der Waals surface area contributed by atoms with Crippen molar-refractivity contribution in [2.45, 2.75) is 37.1 Å². The van der Waals surface area contributed by atoms with Crippen molar-refractivity contribution in [3.63, 3.8) is 0 Å². The van der Waals surface area contributed by atoms with Crippen molar-refractivity contribution in [3.05, 3.63) is 55.9 Å². The average molecular weight is 390 g/mol. The zero-order chi connectivity index (χ0) is 19.5. The first-order valence-corrected chi connectivity index (χ1v) is 10.3. The van der Waals surface area contributed by atoms with Crippen LogP contribution in [0.25, 0.3) is 0 Å². The van der Waals surface area contributed by atoms with Crippen molar-refractivity contribution in [1.82, 2.24) is 14.9 Å². The van der Waals surface area contributed by atoms with E-state index in [-0.39, 0.29) is 17.7 Å². The Kier molecular flexibility index (Phi) is 4.04. The molecule has 1 aromatic carbocycles. The highest BCUT2D eigenvalue weighted by Gasteiger charge is 2.47. The Balaban J connectivity index is 1.93. The van der Waals surface area contributed by atoms with Crippen LogP contribution in [0.15, 0.2) is 32.7 Å². The molecular formula is C18H22N4O4S. The summed E-state index contributed by atoms with van der Waals surface area (Å²) in [6.45, 7) is 4.95. The number of nitrogens with one attached hydrogen (secondary N) is 2. The smallest absolute Gasteiger partial charge is 0.310 e. The molecule has 2 atom stereocenters. The Morgan fingerprint density at radius 3 is 2.59 bits per heavy atom. The molecular weight excluding hydrogens is 368 g/mol. The van der Waals surface area contributed by atoms with Crippen LogP contribution in [0.5, 0.6) is 0 Å². The van der Waals surface area contributed by atoms with Gasteiger partial charge in [-0.1, -0.05) is 17.7 Å². The van der Waals surface area contributed by atoms with Gasteiger partial charge in [0.15, 0.2) is 4.90 Å². The third kappa shape index (κ3) is 2.72. The molecule has 0 amide bonds. The number of likely N-dealkylation sites (tertiary alicyclic amines) is 1. The number of aryl methyl sites for hydroxylation is 2. The monoisotopic (exact) mass is 390 g/mol. The molecule has 1 saturated heterocycles. The van der Waals surface area contributed by atoms with Crippen molar-refractivity contribution in [1.29, 1.82) is 0 Å². The summed E-state index contributed by atoms with van der Waals surface area (Å²) in [7, 11) is -2.10. The van der Waals surface area contributed by atoms with Crippen LogP contribution in [0, 0.1) is 13.8 Å². The van der Waals surface area contributed by atoms with E-state index in [2.05, 4.69) is 9.88 Å². The molecule has 3 heterocycles. The van der Waals surface area contributed by atoms with Crippen LogP contribution in [0.4, 0.5) is 5.69 Å². The van der Waals surface area contributed by atoms with E-state index in [1.165, 1.54) is 11.2 Å². The fourth-order valence-corrected chi connectivity index (χ4v) is 6.30. The van der Waals surface area contributed by atoms with Gasteiger partial charge in [0.1, 0.15) is 0 Å². The van der Waals surface area contributed by atoms with Gasteiger partial charge in [-0.2, -0.15) is 0 Å². The van der Waals surface area contributed by atoms with Crippen LogP contribution in [0.1, 0.15) is 29.2 Å². The van der Waals surface area contributed by atoms with Gasteiger partial charge in [0, 0.05) is 18.2 Å². The largest absolute Gasteiger partial charge is 0.325 e. The van der Waals surface area contributed by atoms with Crippen molar-refractivity contribution in [2.24, 2.45) is 0 Å². The Labute approximate surface area is 156 Å². The second kappa shape index (κ2) is 6.07. The Morgan fingerprint density at radius 2 is 1.89 bits per heavy atom. The predicted octanol–water partition coefficient (Wildman–Crippen LogP) is 0.677. The number of benzene rings is 1. The highest BCUT2D eigenvalue weighted by Crippen LogP contribution is 2.47. The third-order valence-corrected chi connectivity index (χ3v) is 7.49. The standard InChI is InChI=1S/C18H22N4O4S/c1-10-4-5-14-12(8-10)13-9-21(3)7-6-15(13)22(14)27(25,26)16-11(2)19-18(24)20-17(16)23/h4-5,8,13,15H,6-7,9H2,1-3H3,(H2,19,20,23,24)/t13-,15+/m0/s1. The number of nitrogens with zero attached hydrogens (tertiary/aromatic N) is 2. The van der Waals surface area contributed by atoms with Crippen molar-refractivity contribution in [2.75, 3.05) is 24.4 Å². The Hall–Kier alpha value is -2.39. The summed E-state index contributed by atoms with van der Waals surface area (Å²) < 4.78 is 28.5. The molecule has 9 heteroatoms. The quantitative estimate of drug-likeness (QED) is 0.784. The van der Waals surface area contributed by atoms with Gasteiger partial charge in [0.05, 0.1) is 11.7 Å². The summed E-state index contributed by atoms with van der Waals surface area (Å²) >= 11 is 0. The zero-order valence-corrected chi connectivity index (χ0v) is 16.3. The fraction of sp³-hybridized carbons (Fsp3) is 0.444. The maximum absolute atomic E-state index is 13.5. The summed E-state index contributed by atoms with van der Waals surface area (Å²) in [5.41, 5.74) is 1.13. The first-order valence-electron chi connectivity index (χ1n) is 8.87. The van der Waals surface area contributed by atoms with Crippen LogP contribution >= 0.6 is 0 Å². The molecule has 0 aliphatic carbocycles. The van der Waals surface area contributed by atoms with Crippen LogP contribution < -0.4 is 15.6 Å². The normalized spacial score (nSPS) is 22.6. The summed E-state index contributed by atoms with van der Waals surface area (Å²) in [5, 5.41) is 0. The minimum absolute atomic E-state index is 0.0498. The summed E-state index contributed by atoms with van der Waals surface area (Å²) in [6.07, 6.45) is 0.675. The Bertz CT molecular complexity index is 1130. The van der Waals surface area contributed by atoms with Crippen LogP contribution in [-0.2, 0) is 10.0 Å². The molecule has 4 rings (SSSR count). The molecule has 0 unspecified atom stereocenters. The van der Waals surface area contributed by atoms with Gasteiger partial charge in [0.2, 0.25) is 0 Å². The van der Waals surface area contributed by atoms with Crippen LogP contribution in [-0.4, -0.2) is 49.5 Å². The van der Waals surface area contributed by atoms with Crippen molar-refractivity contribution < 1.29 is 8.42 Å². The highest BCUT2D eigenvalue weighted by atomic mass is 32.2. The minimum atomic E-state index is -4.13. The average Bonchev–Trinajstić information content (AvgIpc) is 2.87. The lowest BCUT2D eigenvalue weighted by Crippen LogP contribution is -2.48. The van der Waals surface area contributed by atoms with E-state index in [1.54, 1.807) is 0 Å². The first kappa shape index (κ1) is 18.0. The van der Waals surface area contributed by atoms with Gasteiger partial charge in [-0.3, -0.25) is 14.1 Å². The molecule has 0 saturated carbocycles. The SMILES string of the molecule is Cc1ccc2c(c1)[C@@H]1CN(C)CC[C@H]1N2S(=O)(=O)c1c(C)[nH]c(=O)[nH]c1=O. The topological polar surface area (TPSA) is 106 Å². The lowest BCUT2D eigenvalue weighted by atomic mass is 9.89. The van der Waals surface area contributed by atoms with E-state index in [0.29, 0.717) is 12.1 Å². The minimum Gasteiger partial charge on any atom is -0.310 e. The molecule has 0 radical (unpaired) electrons. The predicted molar refractivity (Wildman–Crippen MR) is 102 cm³/mol. The number of H-pyrrole nitrogens is 2. The van der Waals surface area contributed by atoms with Gasteiger partial charge < -0.3 is 9.88 Å². The van der Waals surface area contributed by atoms with Gasteiger partial charge in [-0.05, 0) is 45.5 Å². The van der Waals surface area contributed by atoms with E-state index in [9.17, 15) is 18.0 Å². The Morgan fingerprint density at radius 1 is 1.15 bits per heavy atom. The number of anilines is 1. The van der Waals surface area contributed by atoms with Crippen LogP contribution in [0.2, 0.25) is 0 Å². The van der Waals surface area contributed by atoms with E-state index in [0.717, 1.165) is 24.2 Å². The molecule has 27 heavy (non-hydrogen) atoms. The molecule has 2 aliphatic rings. The molecule has 144 valence electrons. The zero-order valence-electron chi connectivity index (χ0n) is 15.4. The number of sulfonamides is 1. The number of piperidine rings is 1. The summed E-state index contributed by atoms with van der Waals surface area (Å²) in [6, 6.07) is 5.49. The van der Waals surface area contributed by atoms with Crippen molar-refractivity contribution >= 4 is 15.7 Å². The third-order valence-electron chi connectivity index (χ3n) is 5.49. The maximum atomic E-state index is 13.5. The second-order valence-electron chi connectivity index (χ2n) is 7.45. The van der Waals surface area contributed by atoms with E-state index in [1.807, 2.05) is 37.2 Å². The lowest BCUT2D eigenvalue weighted by molar-refractivity contribution is 0.237. The molecule has 0 bridgehead atoms. The maximum Gasteiger partial charge on any atom is 0.325 e. The molecule has 2 aromatic rings. The summed E-state index contributed by atoms with van der Waals surface area (Å²) in [5.74, 6) is 0.0515. The summed E-state index contributed by atoms with van der Waals surface area (Å²) in [4.78, 5) is 30.1. The second-order valence-corrected chi connectivity index (χ2v) is 9.20. The van der Waals surface area contributed by atoms with Crippen molar-refractivity contribution in [3.8, 4) is 0 Å². The van der Waals surface area contributed by atoms with Gasteiger partial charge in [-0.25, -0.2) is 13.2 Å². The molecule has 0 spiro atoms. The number of hydrogen-bond donors (Lipinski definition) is 2. The number of aromatic nitrogens is 2. The number of aromatic amines is 2. The lowest BCUT2D eigenvalue weighted by Gasteiger charge is -2.36. The van der Waals surface area contributed by atoms with E-state index >= 15 is 0 Å². The van der Waals surface area contributed by atoms with Gasteiger partial charge in [0.25, 0.3) is 15.6 Å². The van der Waals surface area contributed by atoms with Gasteiger partial charge in [-0.15, -0.1) is 0 Å². The van der Waals surface area contributed by atoms with Crippen LogP contribution in [0.3, 0.4) is 0 Å². The van der Waals surface area contributed by atoms with Gasteiger partial charge >= 0.3 is 5.69 Å². The highest BCUT2D eigenvalue weighted by molar-refractivity contribution is 7.93. The molecule has 8 nitrogen and oxygen atoms in total. The number of likely N-dealkylation sites (N-methyl/N-ethyl adjacent to an activating group) is 1.